The number of amides is 1. The van der Waals surface area contributed by atoms with Gasteiger partial charge in [-0.2, -0.15) is 0 Å². The maximum Gasteiger partial charge on any atom is 0.239 e. The Labute approximate surface area is 177 Å². The van der Waals surface area contributed by atoms with E-state index in [1.54, 1.807) is 7.11 Å². The molecule has 0 aliphatic heterocycles. The van der Waals surface area contributed by atoms with Crippen LogP contribution in [0.4, 0.5) is 5.13 Å². The van der Waals surface area contributed by atoms with Crippen LogP contribution in [0.3, 0.4) is 0 Å². The first-order valence-corrected chi connectivity index (χ1v) is 10.8. The fourth-order valence-electron chi connectivity index (χ4n) is 2.54. The first-order valence-electron chi connectivity index (χ1n) is 9.09. The highest BCUT2D eigenvalue weighted by atomic mass is 32.2. The zero-order valence-corrected chi connectivity index (χ0v) is 18.3. The molecular formula is C19H23N5O3S2. The molecule has 2 heterocycles. The lowest BCUT2D eigenvalue weighted by Crippen LogP contribution is -2.23. The molecule has 1 N–H and O–H groups in total. The fourth-order valence-corrected chi connectivity index (χ4v) is 4.16. The quantitative estimate of drug-likeness (QED) is 0.514. The minimum atomic E-state index is -0.350. The van der Waals surface area contributed by atoms with Crippen LogP contribution in [-0.2, 0) is 17.9 Å². The van der Waals surface area contributed by atoms with Gasteiger partial charge in [-0.05, 0) is 32.9 Å². The molecular weight excluding hydrogens is 410 g/mol. The number of nitrogens with zero attached hydrogens (tertiary/aromatic N) is 4. The molecule has 29 heavy (non-hydrogen) atoms. The highest BCUT2D eigenvalue weighted by Crippen LogP contribution is 2.28. The van der Waals surface area contributed by atoms with Crippen molar-refractivity contribution in [1.29, 1.82) is 0 Å². The van der Waals surface area contributed by atoms with Gasteiger partial charge in [0, 0.05) is 11.9 Å². The molecule has 0 aliphatic carbocycles. The average Bonchev–Trinajstić information content (AvgIpc) is 3.31. The SMILES string of the molecule is CCn1c(COc2ccccc2OC)nnc1SC(C)C(=O)Nc1nc(C)cs1. The van der Waals surface area contributed by atoms with E-state index in [0.717, 1.165) is 5.69 Å². The van der Waals surface area contributed by atoms with E-state index in [9.17, 15) is 4.79 Å². The first-order chi connectivity index (χ1) is 14.0. The van der Waals surface area contributed by atoms with Gasteiger partial charge in [-0.15, -0.1) is 21.5 Å². The Hall–Kier alpha value is -2.59. The highest BCUT2D eigenvalue weighted by molar-refractivity contribution is 8.00. The van der Waals surface area contributed by atoms with Crippen molar-refractivity contribution in [3.63, 3.8) is 0 Å². The van der Waals surface area contributed by atoms with Crippen molar-refractivity contribution in [3.05, 3.63) is 41.2 Å². The lowest BCUT2D eigenvalue weighted by Gasteiger charge is -2.13. The molecule has 0 saturated carbocycles. The third kappa shape index (κ3) is 5.27. The molecule has 154 valence electrons. The Kier molecular flexibility index (Phi) is 7.10. The van der Waals surface area contributed by atoms with Gasteiger partial charge in [-0.3, -0.25) is 4.79 Å². The number of thioether (sulfide) groups is 1. The topological polar surface area (TPSA) is 91.2 Å². The molecule has 10 heteroatoms. The monoisotopic (exact) mass is 433 g/mol. The summed E-state index contributed by atoms with van der Waals surface area (Å²) in [5, 5.41) is 14.1. The highest BCUT2D eigenvalue weighted by Gasteiger charge is 2.21. The number of nitrogens with one attached hydrogen (secondary N) is 1. The molecule has 3 aromatic rings. The van der Waals surface area contributed by atoms with Crippen LogP contribution < -0.4 is 14.8 Å². The zero-order chi connectivity index (χ0) is 20.8. The molecule has 1 amide bonds. The van der Waals surface area contributed by atoms with Crippen LogP contribution in [-0.4, -0.2) is 38.0 Å². The van der Waals surface area contributed by atoms with E-state index in [2.05, 4.69) is 20.5 Å². The van der Waals surface area contributed by atoms with Crippen molar-refractivity contribution in [2.24, 2.45) is 0 Å². The summed E-state index contributed by atoms with van der Waals surface area (Å²) in [7, 11) is 1.60. The standard InChI is InChI=1S/C19H23N5O3S2/c1-5-24-16(10-27-15-9-7-6-8-14(15)26-4)22-23-19(24)29-13(3)17(25)21-18-20-12(2)11-28-18/h6-9,11,13H,5,10H2,1-4H3,(H,20,21,25). The molecule has 0 spiro atoms. The van der Waals surface area contributed by atoms with Crippen LogP contribution in [0.2, 0.25) is 0 Å². The maximum atomic E-state index is 12.5. The van der Waals surface area contributed by atoms with Crippen LogP contribution in [0.1, 0.15) is 25.4 Å². The van der Waals surface area contributed by atoms with Crippen molar-refractivity contribution >= 4 is 34.1 Å². The van der Waals surface area contributed by atoms with Gasteiger partial charge in [0.2, 0.25) is 5.91 Å². The number of anilines is 1. The number of benzene rings is 1. The molecule has 3 rings (SSSR count). The van der Waals surface area contributed by atoms with Gasteiger partial charge in [-0.1, -0.05) is 23.9 Å². The number of ether oxygens (including phenoxy) is 2. The van der Waals surface area contributed by atoms with Gasteiger partial charge < -0.3 is 19.4 Å². The van der Waals surface area contributed by atoms with E-state index in [-0.39, 0.29) is 17.8 Å². The molecule has 0 radical (unpaired) electrons. The second-order valence-corrected chi connectivity index (χ2v) is 8.29. The van der Waals surface area contributed by atoms with Crippen molar-refractivity contribution in [2.45, 2.75) is 44.3 Å². The minimum Gasteiger partial charge on any atom is -0.493 e. The van der Waals surface area contributed by atoms with E-state index in [0.29, 0.717) is 34.2 Å². The second-order valence-electron chi connectivity index (χ2n) is 6.13. The Balaban J connectivity index is 1.64. The number of aromatic nitrogens is 4. The zero-order valence-electron chi connectivity index (χ0n) is 16.7. The normalized spacial score (nSPS) is 11.9. The summed E-state index contributed by atoms with van der Waals surface area (Å²) in [6.45, 7) is 6.65. The van der Waals surface area contributed by atoms with Crippen LogP contribution >= 0.6 is 23.1 Å². The largest absolute Gasteiger partial charge is 0.493 e. The number of thiazole rings is 1. The summed E-state index contributed by atoms with van der Waals surface area (Å²) in [5.41, 5.74) is 0.885. The van der Waals surface area contributed by atoms with E-state index >= 15 is 0 Å². The first kappa shape index (κ1) is 21.1. The third-order valence-corrected chi connectivity index (χ3v) is 5.99. The molecule has 0 fully saturated rings. The van der Waals surface area contributed by atoms with Crippen LogP contribution in [0.15, 0.2) is 34.8 Å². The number of para-hydroxylation sites is 2. The predicted octanol–water partition coefficient (Wildman–Crippen LogP) is 3.77. The molecule has 0 saturated heterocycles. The minimum absolute atomic E-state index is 0.123. The summed E-state index contributed by atoms with van der Waals surface area (Å²) in [4.78, 5) is 16.7. The summed E-state index contributed by atoms with van der Waals surface area (Å²) in [6.07, 6.45) is 0. The summed E-state index contributed by atoms with van der Waals surface area (Å²) in [6, 6.07) is 7.45. The Morgan fingerprint density at radius 1 is 1.31 bits per heavy atom. The number of methoxy groups -OCH3 is 1. The number of hydrogen-bond acceptors (Lipinski definition) is 8. The number of carbonyl (C=O) groups is 1. The van der Waals surface area contributed by atoms with Gasteiger partial charge in [0.25, 0.3) is 0 Å². The molecule has 0 aliphatic rings. The number of aryl methyl sites for hydroxylation is 1. The lowest BCUT2D eigenvalue weighted by molar-refractivity contribution is -0.115. The smallest absolute Gasteiger partial charge is 0.239 e. The Morgan fingerprint density at radius 3 is 2.72 bits per heavy atom. The summed E-state index contributed by atoms with van der Waals surface area (Å²) in [5.74, 6) is 1.86. The van der Waals surface area contributed by atoms with E-state index in [4.69, 9.17) is 9.47 Å². The average molecular weight is 434 g/mol. The summed E-state index contributed by atoms with van der Waals surface area (Å²) >= 11 is 2.76. The maximum absolute atomic E-state index is 12.5. The van der Waals surface area contributed by atoms with E-state index < -0.39 is 0 Å². The molecule has 1 unspecified atom stereocenters. The van der Waals surface area contributed by atoms with Crippen molar-refractivity contribution in [3.8, 4) is 11.5 Å². The second kappa shape index (κ2) is 9.75. The van der Waals surface area contributed by atoms with Crippen molar-refractivity contribution < 1.29 is 14.3 Å². The van der Waals surface area contributed by atoms with E-state index in [1.165, 1.54) is 23.1 Å². The number of rotatable bonds is 9. The number of carbonyl (C=O) groups excluding carboxylic acids is 1. The van der Waals surface area contributed by atoms with Crippen molar-refractivity contribution in [2.75, 3.05) is 12.4 Å². The van der Waals surface area contributed by atoms with Gasteiger partial charge in [0.05, 0.1) is 18.1 Å². The van der Waals surface area contributed by atoms with Gasteiger partial charge in [-0.25, -0.2) is 4.98 Å². The fraction of sp³-hybridized carbons (Fsp3) is 0.368. The van der Waals surface area contributed by atoms with Gasteiger partial charge in [0.15, 0.2) is 27.6 Å². The Morgan fingerprint density at radius 2 is 2.07 bits per heavy atom. The predicted molar refractivity (Wildman–Crippen MR) is 114 cm³/mol. The molecule has 2 aromatic heterocycles. The van der Waals surface area contributed by atoms with Gasteiger partial charge >= 0.3 is 0 Å². The molecule has 1 atom stereocenters. The van der Waals surface area contributed by atoms with Crippen molar-refractivity contribution in [1.82, 2.24) is 19.7 Å². The summed E-state index contributed by atoms with van der Waals surface area (Å²) < 4.78 is 13.1. The van der Waals surface area contributed by atoms with Crippen LogP contribution in [0.25, 0.3) is 0 Å². The van der Waals surface area contributed by atoms with Crippen LogP contribution in [0, 0.1) is 6.92 Å². The number of hydrogen-bond donors (Lipinski definition) is 1. The molecule has 0 bridgehead atoms. The van der Waals surface area contributed by atoms with E-state index in [1.807, 2.05) is 55.0 Å². The third-order valence-electron chi connectivity index (χ3n) is 4.04. The van der Waals surface area contributed by atoms with Crippen LogP contribution in [0.5, 0.6) is 11.5 Å². The lowest BCUT2D eigenvalue weighted by atomic mass is 10.3. The molecule has 8 nitrogen and oxygen atoms in total. The van der Waals surface area contributed by atoms with Gasteiger partial charge in [0.1, 0.15) is 6.61 Å². The Bertz CT molecular complexity index is 972. The molecule has 1 aromatic carbocycles.